The molecule has 2 saturated carbocycles. The highest BCUT2D eigenvalue weighted by atomic mass is 35.5. The number of imidazole rings is 2. The van der Waals surface area contributed by atoms with Gasteiger partial charge in [0.15, 0.2) is 35.2 Å². The zero-order valence-electron chi connectivity index (χ0n) is 62.2. The fourth-order valence-corrected chi connectivity index (χ4v) is 13.4. The lowest BCUT2D eigenvalue weighted by molar-refractivity contribution is -0.142. The molecule has 6 aromatic heterocycles. The van der Waals surface area contributed by atoms with Gasteiger partial charge in [-0.2, -0.15) is 0 Å². The minimum Gasteiger partial charge on any atom is -0.444 e. The number of nitrogens with one attached hydrogen (secondary N) is 4. The summed E-state index contributed by atoms with van der Waals surface area (Å²) in [5, 5.41) is 12.4. The number of hydrogen-bond acceptors (Lipinski definition) is 20. The number of anilines is 4. The fourth-order valence-electron chi connectivity index (χ4n) is 13.2. The lowest BCUT2D eigenvalue weighted by atomic mass is 9.72. The van der Waals surface area contributed by atoms with Crippen molar-refractivity contribution in [3.8, 4) is 45.4 Å². The van der Waals surface area contributed by atoms with Gasteiger partial charge >= 0.3 is 19.3 Å². The maximum atomic E-state index is 12.8. The van der Waals surface area contributed by atoms with Crippen LogP contribution in [-0.4, -0.2) is 144 Å². The zero-order valence-corrected chi connectivity index (χ0v) is 63.0. The number of ether oxygens (including phenoxy) is 6. The van der Waals surface area contributed by atoms with Crippen molar-refractivity contribution in [1.82, 2.24) is 49.7 Å². The van der Waals surface area contributed by atoms with E-state index in [9.17, 15) is 19.2 Å². The molecule has 5 fully saturated rings. The normalized spacial score (nSPS) is 18.3. The van der Waals surface area contributed by atoms with Gasteiger partial charge in [-0.3, -0.25) is 18.7 Å². The van der Waals surface area contributed by atoms with E-state index in [1.807, 2.05) is 218 Å². The molecular weight excluding hydrogens is 1400 g/mol. The zero-order chi connectivity index (χ0) is 76.3. The second kappa shape index (κ2) is 31.1. The summed E-state index contributed by atoms with van der Waals surface area (Å²) in [5.74, 6) is 1.48. The summed E-state index contributed by atoms with van der Waals surface area (Å²) in [6, 6.07) is 45.9. The molecule has 108 heavy (non-hydrogen) atoms. The largest absolute Gasteiger partial charge is 0.494 e. The Bertz CT molecular complexity index is 4930. The molecule has 4 amide bonds. The Labute approximate surface area is 631 Å². The van der Waals surface area contributed by atoms with Crippen LogP contribution in [0.2, 0.25) is 5.15 Å². The summed E-state index contributed by atoms with van der Waals surface area (Å²) in [4.78, 5) is 78.2. The van der Waals surface area contributed by atoms with Crippen LogP contribution in [0.1, 0.15) is 119 Å². The van der Waals surface area contributed by atoms with Crippen molar-refractivity contribution in [3.63, 3.8) is 0 Å². The van der Waals surface area contributed by atoms with Crippen molar-refractivity contribution >= 4 is 93.5 Å². The second-order valence-corrected chi connectivity index (χ2v) is 30.7. The average Bonchev–Trinajstić information content (AvgIpc) is 1.43. The number of hydrogen-bond donors (Lipinski definition) is 6. The first kappa shape index (κ1) is 75.8. The van der Waals surface area contributed by atoms with Crippen molar-refractivity contribution in [1.29, 1.82) is 0 Å². The van der Waals surface area contributed by atoms with Crippen LogP contribution in [0.5, 0.6) is 0 Å². The number of alkyl carbamates (subject to hydrolysis) is 2. The minimum atomic E-state index is -0.654. The number of nitrogen functional groups attached to an aromatic ring is 2. The maximum Gasteiger partial charge on any atom is 0.494 e. The Morgan fingerprint density at radius 1 is 0.537 bits per heavy atom. The molecule has 9 heterocycles. The third-order valence-electron chi connectivity index (χ3n) is 19.7. The molecule has 2 aliphatic carbocycles. The van der Waals surface area contributed by atoms with Gasteiger partial charge in [-0.1, -0.05) is 60.1 Å². The third kappa shape index (κ3) is 17.0. The molecule has 4 aromatic carbocycles. The molecule has 0 spiro atoms. The van der Waals surface area contributed by atoms with E-state index in [1.54, 1.807) is 18.5 Å². The number of pyridine rings is 4. The van der Waals surface area contributed by atoms with Gasteiger partial charge in [-0.15, -0.1) is 0 Å². The summed E-state index contributed by atoms with van der Waals surface area (Å²) in [7, 11) is -0.457. The number of halogens is 1. The second-order valence-electron chi connectivity index (χ2n) is 30.3. The standard InChI is InChI=1S/C37H39N7O5.C26H27ClN6O2.C17H24BNO5/c1-36(2,3)49-35(46)43-37(16-6-17-37)24-10-12-26(13-11-24)44-32(27-9-5-18-39-31(27)38)42-29-15-14-28(41-33(29)44)23-7-4-8-25(21-23)40-34(45)30-22-47-19-20-48-30;1-25(2,3)35-24(34)32-26(13-5-14-26)16-7-9-17(10-8-16)33-22(18-6-4-15-29-21(18)28)30-19-11-12-20(27)31-23(19)33;1-16(2)17(3,4)24-18(23-16)12-6-5-7-13(10-12)19-15(20)14-11-21-8-9-22-14/h4-5,7-15,18,21,30H,6,16-17,19-20,22H2,1-3H3,(H2,38,39)(H,40,45)(H,43,46);4,6-12,15H,5,13-14H2,1-3H3,(H2,28,29)(H,32,34);5-7,10,14H,8-9,11H2,1-4H3,(H,19,20). The van der Waals surface area contributed by atoms with Crippen LogP contribution >= 0.6 is 11.6 Å². The first-order valence-electron chi connectivity index (χ1n) is 36.2. The molecular formula is C80H90BClN14O12. The summed E-state index contributed by atoms with van der Waals surface area (Å²) in [6.07, 6.45) is 6.63. The van der Waals surface area contributed by atoms with Crippen LogP contribution in [0.25, 0.3) is 67.7 Å². The predicted octanol–water partition coefficient (Wildman–Crippen LogP) is 13.0. The van der Waals surface area contributed by atoms with E-state index in [4.69, 9.17) is 75.8 Å². The Morgan fingerprint density at radius 2 is 0.991 bits per heavy atom. The van der Waals surface area contributed by atoms with E-state index in [0.717, 1.165) is 72.1 Å². The van der Waals surface area contributed by atoms with Crippen LogP contribution in [0.3, 0.4) is 0 Å². The number of aromatic nitrogens is 8. The molecule has 10 aromatic rings. The van der Waals surface area contributed by atoms with Crippen LogP contribution < -0.4 is 38.2 Å². The summed E-state index contributed by atoms with van der Waals surface area (Å²) in [6.45, 7) is 21.5. The number of benzene rings is 4. The molecule has 0 bridgehead atoms. The summed E-state index contributed by atoms with van der Waals surface area (Å²) < 4.78 is 48.7. The highest BCUT2D eigenvalue weighted by molar-refractivity contribution is 6.62. The number of amides is 4. The SMILES string of the molecule is CC(C)(C)OC(=O)NC1(c2ccc(-n3c(-c4cccnc4N)nc4ccc(-c5cccc(NC(=O)C6COCCO6)c5)nc43)cc2)CCC1.CC(C)(C)OC(=O)NC1(c2ccc(-n3c(-c4cccnc4N)nc4ccc(Cl)nc43)cc2)CCC1.CC1(C)OB(c2cccc(NC(=O)C3COCCO3)c2)OC1(C)C. The van der Waals surface area contributed by atoms with Crippen molar-refractivity contribution in [3.05, 3.63) is 174 Å². The highest BCUT2D eigenvalue weighted by Crippen LogP contribution is 2.45. The Kier molecular flexibility index (Phi) is 21.8. The average molecular weight is 1490 g/mol. The Balaban J connectivity index is 0.000000152. The topological polar surface area (TPSA) is 329 Å². The van der Waals surface area contributed by atoms with Crippen LogP contribution in [-0.2, 0) is 58.4 Å². The number of carbonyl (C=O) groups excluding carboxylic acids is 4. The predicted molar refractivity (Wildman–Crippen MR) is 414 cm³/mol. The first-order valence-corrected chi connectivity index (χ1v) is 36.6. The molecule has 3 aliphatic heterocycles. The number of fused-ring (bicyclic) bond motifs is 2. The molecule has 3 saturated heterocycles. The van der Waals surface area contributed by atoms with Gasteiger partial charge < -0.3 is 70.5 Å². The maximum absolute atomic E-state index is 12.8. The van der Waals surface area contributed by atoms with Crippen LogP contribution in [0.4, 0.5) is 32.6 Å². The molecule has 8 N–H and O–H groups in total. The molecule has 2 unspecified atom stereocenters. The van der Waals surface area contributed by atoms with Gasteiger partial charge in [0.1, 0.15) is 39.0 Å². The summed E-state index contributed by atoms with van der Waals surface area (Å²) >= 11 is 6.23. The van der Waals surface area contributed by atoms with E-state index >= 15 is 0 Å². The van der Waals surface area contributed by atoms with E-state index in [1.165, 1.54) is 0 Å². The number of nitrogens with zero attached hydrogens (tertiary/aromatic N) is 8. The smallest absolute Gasteiger partial charge is 0.444 e. The first-order chi connectivity index (χ1) is 51.5. The fraction of sp³-hybridized carbons (Fsp3) is 0.375. The quantitative estimate of drug-likeness (QED) is 0.0435. The Hall–Kier alpha value is -10.4. The molecule has 26 nitrogen and oxygen atoms in total. The lowest BCUT2D eigenvalue weighted by Gasteiger charge is -2.43. The molecule has 15 rings (SSSR count). The molecule has 28 heteroatoms. The Morgan fingerprint density at radius 3 is 1.43 bits per heavy atom. The highest BCUT2D eigenvalue weighted by Gasteiger charge is 2.52. The van der Waals surface area contributed by atoms with E-state index in [-0.39, 0.29) is 25.0 Å². The molecule has 562 valence electrons. The van der Waals surface area contributed by atoms with E-state index in [2.05, 4.69) is 36.2 Å². The third-order valence-corrected chi connectivity index (χ3v) is 19.9. The van der Waals surface area contributed by atoms with Gasteiger partial charge in [0.2, 0.25) is 0 Å². The van der Waals surface area contributed by atoms with Gasteiger partial charge in [0.05, 0.1) is 78.7 Å². The summed E-state index contributed by atoms with van der Waals surface area (Å²) in [5.41, 5.74) is 21.0. The van der Waals surface area contributed by atoms with E-state index < -0.39 is 65.0 Å². The molecule has 0 radical (unpaired) electrons. The van der Waals surface area contributed by atoms with Crippen molar-refractivity contribution in [2.24, 2.45) is 0 Å². The van der Waals surface area contributed by atoms with Gasteiger partial charge in [0, 0.05) is 40.7 Å². The number of rotatable bonds is 14. The van der Waals surface area contributed by atoms with Crippen molar-refractivity contribution in [2.75, 3.05) is 61.7 Å². The van der Waals surface area contributed by atoms with Gasteiger partial charge in [-0.05, 0) is 221 Å². The van der Waals surface area contributed by atoms with E-state index in [0.29, 0.717) is 105 Å². The number of nitrogens with two attached hydrogens (primary N) is 2. The molecule has 5 aliphatic rings. The van der Waals surface area contributed by atoms with Gasteiger partial charge in [0.25, 0.3) is 11.8 Å². The molecule has 2 atom stereocenters. The van der Waals surface area contributed by atoms with Gasteiger partial charge in [-0.25, -0.2) is 39.5 Å². The van der Waals surface area contributed by atoms with Crippen LogP contribution in [0.15, 0.2) is 158 Å². The van der Waals surface area contributed by atoms with Crippen molar-refractivity contribution < 1.29 is 56.9 Å². The lowest BCUT2D eigenvalue weighted by Crippen LogP contribution is -2.52. The minimum absolute atomic E-state index is 0.208. The monoisotopic (exact) mass is 1480 g/mol. The van der Waals surface area contributed by atoms with Crippen LogP contribution in [0, 0.1) is 0 Å². The number of carbonyl (C=O) groups is 4. The van der Waals surface area contributed by atoms with Crippen molar-refractivity contribution in [2.45, 2.75) is 153 Å².